The first-order valence-corrected chi connectivity index (χ1v) is 6.15. The molecule has 1 rings (SSSR count). The number of aryl methyl sites for hydroxylation is 1. The fourth-order valence-electron chi connectivity index (χ4n) is 1.28. The molecule has 1 aromatic rings. The van der Waals surface area contributed by atoms with Crippen LogP contribution < -0.4 is 10.5 Å². The number of esters is 1. The molecule has 1 aromatic heterocycles. The van der Waals surface area contributed by atoms with Gasteiger partial charge in [0.2, 0.25) is 0 Å². The predicted octanol–water partition coefficient (Wildman–Crippen LogP) is -1.16. The maximum atomic E-state index is 11.9. The SMILES string of the molecule is COC(=O)C(C)NS(=O)(=O)c1c(N)ncn1C. The van der Waals surface area contributed by atoms with Gasteiger partial charge in [-0.25, -0.2) is 13.4 Å². The number of methoxy groups -OCH3 is 1. The molecule has 0 fully saturated rings. The highest BCUT2D eigenvalue weighted by molar-refractivity contribution is 7.89. The Morgan fingerprint density at radius 2 is 2.24 bits per heavy atom. The molecule has 0 saturated carbocycles. The molecule has 0 aliphatic heterocycles. The first kappa shape index (κ1) is 13.5. The smallest absolute Gasteiger partial charge is 0.323 e. The van der Waals surface area contributed by atoms with Gasteiger partial charge in [0.1, 0.15) is 6.04 Å². The largest absolute Gasteiger partial charge is 0.468 e. The van der Waals surface area contributed by atoms with Gasteiger partial charge in [-0.05, 0) is 6.92 Å². The highest BCUT2D eigenvalue weighted by Gasteiger charge is 2.27. The Hall–Kier alpha value is -1.61. The maximum Gasteiger partial charge on any atom is 0.323 e. The molecule has 8 nitrogen and oxygen atoms in total. The van der Waals surface area contributed by atoms with Gasteiger partial charge in [0, 0.05) is 7.05 Å². The molecule has 0 aliphatic rings. The van der Waals surface area contributed by atoms with Crippen LogP contribution in [0.25, 0.3) is 0 Å². The minimum Gasteiger partial charge on any atom is -0.468 e. The first-order chi connectivity index (χ1) is 7.79. The predicted molar refractivity (Wildman–Crippen MR) is 59.4 cm³/mol. The van der Waals surface area contributed by atoms with Crippen molar-refractivity contribution in [1.29, 1.82) is 0 Å². The van der Waals surface area contributed by atoms with Gasteiger partial charge in [-0.1, -0.05) is 0 Å². The third kappa shape index (κ3) is 2.74. The number of sulfonamides is 1. The molecule has 0 aromatic carbocycles. The molecule has 1 unspecified atom stereocenters. The van der Waals surface area contributed by atoms with E-state index in [0.29, 0.717) is 0 Å². The molecule has 0 saturated heterocycles. The van der Waals surface area contributed by atoms with E-state index in [2.05, 4.69) is 14.4 Å². The molecule has 9 heteroatoms. The van der Waals surface area contributed by atoms with Crippen LogP contribution in [0.1, 0.15) is 6.92 Å². The van der Waals surface area contributed by atoms with E-state index < -0.39 is 22.0 Å². The molecule has 0 spiro atoms. The number of hydrogen-bond donors (Lipinski definition) is 2. The summed E-state index contributed by atoms with van der Waals surface area (Å²) in [7, 11) is -1.25. The molecule has 0 aliphatic carbocycles. The lowest BCUT2D eigenvalue weighted by atomic mass is 10.4. The highest BCUT2D eigenvalue weighted by atomic mass is 32.2. The van der Waals surface area contributed by atoms with Gasteiger partial charge >= 0.3 is 5.97 Å². The maximum absolute atomic E-state index is 11.9. The van der Waals surface area contributed by atoms with Crippen LogP contribution in [-0.4, -0.2) is 37.1 Å². The summed E-state index contributed by atoms with van der Waals surface area (Å²) in [6.07, 6.45) is 1.27. The second kappa shape index (κ2) is 4.72. The third-order valence-corrected chi connectivity index (χ3v) is 3.72. The number of ether oxygens (including phenoxy) is 1. The summed E-state index contributed by atoms with van der Waals surface area (Å²) in [4.78, 5) is 14.8. The molecule has 1 atom stereocenters. The number of nitrogens with two attached hydrogens (primary N) is 1. The van der Waals surface area contributed by atoms with E-state index in [1.807, 2.05) is 0 Å². The highest BCUT2D eigenvalue weighted by Crippen LogP contribution is 2.15. The van der Waals surface area contributed by atoms with Crippen LogP contribution in [0.5, 0.6) is 0 Å². The molecule has 0 amide bonds. The summed E-state index contributed by atoms with van der Waals surface area (Å²) in [6.45, 7) is 1.37. The summed E-state index contributed by atoms with van der Waals surface area (Å²) in [6, 6.07) is -1.00. The topological polar surface area (TPSA) is 116 Å². The van der Waals surface area contributed by atoms with Crippen LogP contribution in [0, 0.1) is 0 Å². The molecule has 0 bridgehead atoms. The second-order valence-electron chi connectivity index (χ2n) is 3.41. The first-order valence-electron chi connectivity index (χ1n) is 4.66. The van der Waals surface area contributed by atoms with Crippen molar-refractivity contribution < 1.29 is 17.9 Å². The molecule has 3 N–H and O–H groups in total. The van der Waals surface area contributed by atoms with Crippen LogP contribution in [0.2, 0.25) is 0 Å². The van der Waals surface area contributed by atoms with E-state index in [0.717, 1.165) is 0 Å². The third-order valence-electron chi connectivity index (χ3n) is 2.05. The van der Waals surface area contributed by atoms with E-state index in [9.17, 15) is 13.2 Å². The summed E-state index contributed by atoms with van der Waals surface area (Å²) >= 11 is 0. The Kier molecular flexibility index (Phi) is 3.73. The lowest BCUT2D eigenvalue weighted by molar-refractivity contribution is -0.142. The van der Waals surface area contributed by atoms with E-state index in [1.54, 1.807) is 0 Å². The summed E-state index contributed by atoms with van der Waals surface area (Å²) < 4.78 is 31.6. The number of nitrogens with zero attached hydrogens (tertiary/aromatic N) is 2. The number of hydrogen-bond acceptors (Lipinski definition) is 6. The Balaban J connectivity index is 3.02. The van der Waals surface area contributed by atoms with Gasteiger partial charge in [0.25, 0.3) is 10.0 Å². The number of rotatable bonds is 4. The lowest BCUT2D eigenvalue weighted by Crippen LogP contribution is -2.39. The zero-order chi connectivity index (χ0) is 13.2. The molecule has 17 heavy (non-hydrogen) atoms. The average molecular weight is 262 g/mol. The Bertz CT molecular complexity index is 502. The van der Waals surface area contributed by atoms with E-state index in [4.69, 9.17) is 5.73 Å². The zero-order valence-corrected chi connectivity index (χ0v) is 10.5. The quantitative estimate of drug-likeness (QED) is 0.661. The number of imidazole rings is 1. The van der Waals surface area contributed by atoms with E-state index >= 15 is 0 Å². The number of carbonyl (C=O) groups is 1. The normalized spacial score (nSPS) is 13.4. The number of nitrogen functional groups attached to an aromatic ring is 1. The zero-order valence-electron chi connectivity index (χ0n) is 9.67. The number of carbonyl (C=O) groups excluding carboxylic acids is 1. The lowest BCUT2D eigenvalue weighted by Gasteiger charge is -2.12. The average Bonchev–Trinajstić information content (AvgIpc) is 2.57. The van der Waals surface area contributed by atoms with Crippen molar-refractivity contribution in [2.75, 3.05) is 12.8 Å². The number of nitrogens with one attached hydrogen (secondary N) is 1. The Morgan fingerprint density at radius 1 is 1.65 bits per heavy atom. The van der Waals surface area contributed by atoms with Crippen LogP contribution in [0.15, 0.2) is 11.4 Å². The second-order valence-corrected chi connectivity index (χ2v) is 5.04. The minimum atomic E-state index is -3.91. The molecule has 1 heterocycles. The number of anilines is 1. The summed E-state index contributed by atoms with van der Waals surface area (Å²) in [5.41, 5.74) is 5.44. The standard InChI is InChI=1S/C8H14N4O4S/c1-5(8(13)16-3)11-17(14,15)7-6(9)10-4-12(7)2/h4-5,11H,9H2,1-3H3. The van der Waals surface area contributed by atoms with Crippen LogP contribution >= 0.6 is 0 Å². The van der Waals surface area contributed by atoms with Gasteiger partial charge in [-0.15, -0.1) is 0 Å². The van der Waals surface area contributed by atoms with Gasteiger partial charge in [0.05, 0.1) is 13.4 Å². The molecular weight excluding hydrogens is 248 g/mol. The molecule has 0 radical (unpaired) electrons. The van der Waals surface area contributed by atoms with Crippen LogP contribution in [0.3, 0.4) is 0 Å². The van der Waals surface area contributed by atoms with Crippen LogP contribution in [0.4, 0.5) is 5.82 Å². The van der Waals surface area contributed by atoms with Crippen molar-refractivity contribution in [3.63, 3.8) is 0 Å². The monoisotopic (exact) mass is 262 g/mol. The van der Waals surface area contributed by atoms with Gasteiger partial charge in [-0.3, -0.25) is 4.79 Å². The van der Waals surface area contributed by atoms with Gasteiger partial charge in [-0.2, -0.15) is 4.72 Å². The van der Waals surface area contributed by atoms with Crippen molar-refractivity contribution >= 4 is 21.8 Å². The summed E-state index contributed by atoms with van der Waals surface area (Å²) in [5.74, 6) is -0.814. The van der Waals surface area contributed by atoms with E-state index in [-0.39, 0.29) is 10.8 Å². The molecule has 96 valence electrons. The van der Waals surface area contributed by atoms with Gasteiger partial charge in [0.15, 0.2) is 10.8 Å². The van der Waals surface area contributed by atoms with Crippen molar-refractivity contribution in [3.8, 4) is 0 Å². The Labute approximate surface area is 98.8 Å². The van der Waals surface area contributed by atoms with Crippen molar-refractivity contribution in [2.45, 2.75) is 18.0 Å². The van der Waals surface area contributed by atoms with E-state index in [1.165, 1.54) is 32.0 Å². The van der Waals surface area contributed by atoms with Crippen molar-refractivity contribution in [1.82, 2.24) is 14.3 Å². The minimum absolute atomic E-state index is 0.128. The molecular formula is C8H14N4O4S. The van der Waals surface area contributed by atoms with Crippen molar-refractivity contribution in [2.24, 2.45) is 7.05 Å². The van der Waals surface area contributed by atoms with Crippen LogP contribution in [-0.2, 0) is 26.6 Å². The number of aromatic nitrogens is 2. The van der Waals surface area contributed by atoms with Gasteiger partial charge < -0.3 is 15.0 Å². The fraction of sp³-hybridized carbons (Fsp3) is 0.500. The van der Waals surface area contributed by atoms with Crippen molar-refractivity contribution in [3.05, 3.63) is 6.33 Å². The fourth-order valence-corrected chi connectivity index (χ4v) is 2.71. The summed E-state index contributed by atoms with van der Waals surface area (Å²) in [5, 5.41) is -0.187. The Morgan fingerprint density at radius 3 is 2.65 bits per heavy atom.